The third kappa shape index (κ3) is 2.92. The monoisotopic (exact) mass is 277 g/mol. The van der Waals surface area contributed by atoms with Gasteiger partial charge in [0.05, 0.1) is 6.04 Å². The van der Waals surface area contributed by atoms with Gasteiger partial charge in [0.1, 0.15) is 11.5 Å². The van der Waals surface area contributed by atoms with Crippen LogP contribution in [0.2, 0.25) is 0 Å². The lowest BCUT2D eigenvalue weighted by atomic mass is 10.2. The van der Waals surface area contributed by atoms with E-state index in [1.807, 2.05) is 0 Å². The number of rotatable bonds is 4. The van der Waals surface area contributed by atoms with Crippen molar-refractivity contribution in [3.05, 3.63) is 23.7 Å². The average molecular weight is 277 g/mol. The minimum Gasteiger partial charge on any atom is -0.464 e. The number of furan rings is 1. The molecule has 1 aromatic rings. The first-order valence-corrected chi connectivity index (χ1v) is 7.91. The zero-order chi connectivity index (χ0) is 14.1. The van der Waals surface area contributed by atoms with Crippen molar-refractivity contribution >= 4 is 0 Å². The Morgan fingerprint density at radius 2 is 2.10 bits per heavy atom. The second-order valence-electron chi connectivity index (χ2n) is 6.50. The number of likely N-dealkylation sites (N-methyl/N-ethyl adjacent to an activating group) is 1. The minimum absolute atomic E-state index is 0.240. The van der Waals surface area contributed by atoms with Crippen LogP contribution < -0.4 is 5.73 Å². The van der Waals surface area contributed by atoms with Crippen molar-refractivity contribution in [3.8, 4) is 0 Å². The van der Waals surface area contributed by atoms with Gasteiger partial charge in [-0.05, 0) is 44.5 Å². The second-order valence-corrected chi connectivity index (χ2v) is 6.50. The van der Waals surface area contributed by atoms with Crippen molar-refractivity contribution in [2.75, 3.05) is 39.8 Å². The Bertz CT molecular complexity index is 445. The van der Waals surface area contributed by atoms with Crippen LogP contribution in [0.25, 0.3) is 0 Å². The van der Waals surface area contributed by atoms with Crippen LogP contribution in [0.3, 0.4) is 0 Å². The van der Waals surface area contributed by atoms with E-state index in [0.29, 0.717) is 12.5 Å². The summed E-state index contributed by atoms with van der Waals surface area (Å²) < 4.78 is 6.12. The van der Waals surface area contributed by atoms with Gasteiger partial charge in [0.15, 0.2) is 0 Å². The lowest BCUT2D eigenvalue weighted by molar-refractivity contribution is 0.183. The van der Waals surface area contributed by atoms with Gasteiger partial charge in [0.25, 0.3) is 0 Å². The molecule has 2 N–H and O–H groups in total. The molecular weight excluding hydrogens is 250 g/mol. The summed E-state index contributed by atoms with van der Waals surface area (Å²) in [4.78, 5) is 4.88. The summed E-state index contributed by atoms with van der Waals surface area (Å²) in [7, 11) is 2.19. The molecule has 3 rings (SSSR count). The van der Waals surface area contributed by atoms with E-state index in [-0.39, 0.29) is 6.04 Å². The summed E-state index contributed by atoms with van der Waals surface area (Å²) in [6, 6.07) is 4.55. The molecule has 2 aliphatic rings. The van der Waals surface area contributed by atoms with Gasteiger partial charge >= 0.3 is 0 Å². The molecule has 2 fully saturated rings. The molecule has 0 radical (unpaired) electrons. The molecule has 1 aliphatic heterocycles. The van der Waals surface area contributed by atoms with Gasteiger partial charge in [-0.2, -0.15) is 0 Å². The zero-order valence-electron chi connectivity index (χ0n) is 12.7. The van der Waals surface area contributed by atoms with Crippen LogP contribution in [0.4, 0.5) is 0 Å². The Morgan fingerprint density at radius 1 is 1.30 bits per heavy atom. The fourth-order valence-electron chi connectivity index (χ4n) is 3.29. The summed E-state index contributed by atoms with van der Waals surface area (Å²) in [5.74, 6) is 3.67. The molecule has 0 amide bonds. The molecule has 3 unspecified atom stereocenters. The maximum absolute atomic E-state index is 6.12. The van der Waals surface area contributed by atoms with E-state index < -0.39 is 0 Å². The van der Waals surface area contributed by atoms with E-state index >= 15 is 0 Å². The van der Waals surface area contributed by atoms with Crippen LogP contribution in [0.15, 0.2) is 16.5 Å². The molecule has 1 aromatic heterocycles. The molecule has 4 nitrogen and oxygen atoms in total. The molecular formula is C16H27N3O. The number of nitrogens with zero attached hydrogens (tertiary/aromatic N) is 2. The van der Waals surface area contributed by atoms with Crippen molar-refractivity contribution in [1.82, 2.24) is 9.80 Å². The lowest BCUT2D eigenvalue weighted by Crippen LogP contribution is -2.36. The number of hydrogen-bond acceptors (Lipinski definition) is 4. The van der Waals surface area contributed by atoms with Crippen LogP contribution in [0.5, 0.6) is 0 Å². The van der Waals surface area contributed by atoms with Crippen molar-refractivity contribution in [2.45, 2.75) is 31.7 Å². The van der Waals surface area contributed by atoms with Crippen LogP contribution in [0, 0.1) is 5.92 Å². The minimum atomic E-state index is 0.240. The highest BCUT2D eigenvalue weighted by atomic mass is 16.3. The van der Waals surface area contributed by atoms with Crippen molar-refractivity contribution < 1.29 is 4.42 Å². The molecule has 0 bridgehead atoms. The molecule has 2 heterocycles. The molecule has 0 aromatic carbocycles. The quantitative estimate of drug-likeness (QED) is 0.915. The lowest BCUT2D eigenvalue weighted by Gasteiger charge is -2.28. The highest BCUT2D eigenvalue weighted by molar-refractivity contribution is 5.19. The van der Waals surface area contributed by atoms with Crippen molar-refractivity contribution in [2.24, 2.45) is 11.7 Å². The van der Waals surface area contributed by atoms with Crippen LogP contribution in [0.1, 0.15) is 43.2 Å². The molecule has 3 atom stereocenters. The molecule has 0 spiro atoms. The molecule has 4 heteroatoms. The Kier molecular flexibility index (Phi) is 4.15. The summed E-state index contributed by atoms with van der Waals surface area (Å²) >= 11 is 0. The van der Waals surface area contributed by atoms with Crippen LogP contribution in [-0.2, 0) is 0 Å². The van der Waals surface area contributed by atoms with Gasteiger partial charge in [0.2, 0.25) is 0 Å². The smallest absolute Gasteiger partial charge is 0.122 e. The normalized spacial score (nSPS) is 30.1. The Labute approximate surface area is 121 Å². The summed E-state index contributed by atoms with van der Waals surface area (Å²) in [6.07, 6.45) is 2.48. The van der Waals surface area contributed by atoms with Gasteiger partial charge in [-0.3, -0.25) is 4.90 Å². The van der Waals surface area contributed by atoms with E-state index in [4.69, 9.17) is 10.2 Å². The Morgan fingerprint density at radius 3 is 2.80 bits per heavy atom. The predicted octanol–water partition coefficient (Wildman–Crippen LogP) is 2.04. The Hall–Kier alpha value is -0.840. The maximum Gasteiger partial charge on any atom is 0.122 e. The van der Waals surface area contributed by atoms with E-state index in [9.17, 15) is 0 Å². The average Bonchev–Trinajstić information content (AvgIpc) is 3.04. The fourth-order valence-corrected chi connectivity index (χ4v) is 3.29. The van der Waals surface area contributed by atoms with Crippen LogP contribution in [-0.4, -0.2) is 49.6 Å². The SMILES string of the molecule is CC1CC1c1ccc(C(CN)N2CCCN(C)CC2)o1. The van der Waals surface area contributed by atoms with Gasteiger partial charge < -0.3 is 15.1 Å². The first kappa shape index (κ1) is 14.1. The standard InChI is InChI=1S/C16H27N3O/c1-12-10-13(12)15-4-5-16(20-15)14(11-17)19-7-3-6-18(2)8-9-19/h4-5,12-14H,3,6-11,17H2,1-2H3. The molecule has 1 aliphatic carbocycles. The first-order chi connectivity index (χ1) is 9.69. The largest absolute Gasteiger partial charge is 0.464 e. The summed E-state index contributed by atoms with van der Waals surface area (Å²) in [5.41, 5.74) is 6.03. The first-order valence-electron chi connectivity index (χ1n) is 7.91. The van der Waals surface area contributed by atoms with Crippen LogP contribution >= 0.6 is 0 Å². The zero-order valence-corrected chi connectivity index (χ0v) is 12.7. The van der Waals surface area contributed by atoms with Gasteiger partial charge in [-0.25, -0.2) is 0 Å². The van der Waals surface area contributed by atoms with E-state index in [2.05, 4.69) is 35.9 Å². The third-order valence-corrected chi connectivity index (χ3v) is 4.87. The van der Waals surface area contributed by atoms with E-state index in [0.717, 1.165) is 37.1 Å². The van der Waals surface area contributed by atoms with Gasteiger partial charge in [0, 0.05) is 32.1 Å². The molecule has 112 valence electrons. The molecule has 1 saturated heterocycles. The Balaban J connectivity index is 1.70. The highest BCUT2D eigenvalue weighted by Crippen LogP contribution is 2.47. The van der Waals surface area contributed by atoms with Gasteiger partial charge in [-0.15, -0.1) is 0 Å². The van der Waals surface area contributed by atoms with E-state index in [1.54, 1.807) is 0 Å². The topological polar surface area (TPSA) is 45.6 Å². The van der Waals surface area contributed by atoms with Crippen molar-refractivity contribution in [3.63, 3.8) is 0 Å². The molecule has 20 heavy (non-hydrogen) atoms. The summed E-state index contributed by atoms with van der Waals surface area (Å²) in [5, 5.41) is 0. The fraction of sp³-hybridized carbons (Fsp3) is 0.750. The maximum atomic E-state index is 6.12. The second kappa shape index (κ2) is 5.88. The third-order valence-electron chi connectivity index (χ3n) is 4.87. The van der Waals surface area contributed by atoms with E-state index in [1.165, 1.54) is 19.4 Å². The van der Waals surface area contributed by atoms with Crippen molar-refractivity contribution in [1.29, 1.82) is 0 Å². The predicted molar refractivity (Wildman–Crippen MR) is 80.7 cm³/mol. The highest BCUT2D eigenvalue weighted by Gasteiger charge is 2.37. The number of hydrogen-bond donors (Lipinski definition) is 1. The summed E-state index contributed by atoms with van der Waals surface area (Å²) in [6.45, 7) is 7.41. The number of nitrogens with two attached hydrogens (primary N) is 1. The molecule has 1 saturated carbocycles. The van der Waals surface area contributed by atoms with Gasteiger partial charge in [-0.1, -0.05) is 6.92 Å².